The summed E-state index contributed by atoms with van der Waals surface area (Å²) in [5.41, 5.74) is -0.0478. The van der Waals surface area contributed by atoms with Crippen molar-refractivity contribution in [3.05, 3.63) is 42.0 Å². The molecule has 3 aromatic rings. The third-order valence-electron chi connectivity index (χ3n) is 3.08. The van der Waals surface area contributed by atoms with Gasteiger partial charge in [-0.05, 0) is 30.3 Å². The number of para-hydroxylation sites is 1. The van der Waals surface area contributed by atoms with Crippen molar-refractivity contribution in [1.29, 1.82) is 0 Å². The third kappa shape index (κ3) is 2.26. The van der Waals surface area contributed by atoms with Crippen molar-refractivity contribution in [2.75, 3.05) is 0 Å². The van der Waals surface area contributed by atoms with Crippen LogP contribution in [0.4, 0.5) is 13.2 Å². The molecule has 0 fully saturated rings. The van der Waals surface area contributed by atoms with Crippen LogP contribution in [0.2, 0.25) is 0 Å². The van der Waals surface area contributed by atoms with Crippen LogP contribution < -0.4 is 0 Å². The molecule has 3 rings (SSSR count). The lowest BCUT2D eigenvalue weighted by Gasteiger charge is -2.05. The highest BCUT2D eigenvalue weighted by Gasteiger charge is 2.30. The van der Waals surface area contributed by atoms with Crippen molar-refractivity contribution in [3.63, 3.8) is 0 Å². The second-order valence-corrected chi connectivity index (χ2v) is 4.49. The molecule has 0 radical (unpaired) electrons. The molecular formula is C14H9F3N2O2. The van der Waals surface area contributed by atoms with Crippen LogP contribution in [-0.2, 0) is 6.18 Å². The van der Waals surface area contributed by atoms with Crippen molar-refractivity contribution in [2.45, 2.75) is 6.18 Å². The number of aromatic amines is 1. The number of halogens is 3. The number of phenols is 2. The fraction of sp³-hybridized carbons (Fsp3) is 0.0714. The number of nitrogens with zero attached hydrogens (tertiary/aromatic N) is 1. The van der Waals surface area contributed by atoms with Crippen LogP contribution in [0.1, 0.15) is 5.56 Å². The largest absolute Gasteiger partial charge is 0.504 e. The quantitative estimate of drug-likeness (QED) is 0.600. The summed E-state index contributed by atoms with van der Waals surface area (Å²) in [6.45, 7) is 0. The highest BCUT2D eigenvalue weighted by molar-refractivity contribution is 5.82. The molecule has 108 valence electrons. The zero-order valence-electron chi connectivity index (χ0n) is 10.4. The summed E-state index contributed by atoms with van der Waals surface area (Å²) in [6.07, 6.45) is -4.44. The Balaban J connectivity index is 2.15. The van der Waals surface area contributed by atoms with E-state index < -0.39 is 11.7 Å². The number of hydrogen-bond acceptors (Lipinski definition) is 3. The van der Waals surface area contributed by atoms with Crippen LogP contribution >= 0.6 is 0 Å². The lowest BCUT2D eigenvalue weighted by atomic mass is 10.2. The smallest absolute Gasteiger partial charge is 0.416 e. The lowest BCUT2D eigenvalue weighted by molar-refractivity contribution is -0.137. The van der Waals surface area contributed by atoms with Gasteiger partial charge >= 0.3 is 6.18 Å². The number of imidazole rings is 1. The number of H-pyrrole nitrogens is 1. The molecular weight excluding hydrogens is 285 g/mol. The first-order chi connectivity index (χ1) is 9.86. The van der Waals surface area contributed by atoms with Crippen molar-refractivity contribution < 1.29 is 23.4 Å². The first-order valence-electron chi connectivity index (χ1n) is 5.94. The van der Waals surface area contributed by atoms with Gasteiger partial charge in [0, 0.05) is 0 Å². The molecule has 0 bridgehead atoms. The highest BCUT2D eigenvalue weighted by Crippen LogP contribution is 2.36. The van der Waals surface area contributed by atoms with Crippen LogP contribution in [0, 0.1) is 0 Å². The van der Waals surface area contributed by atoms with Crippen LogP contribution in [0.15, 0.2) is 36.4 Å². The minimum absolute atomic E-state index is 0.178. The van der Waals surface area contributed by atoms with Crippen LogP contribution in [0.3, 0.4) is 0 Å². The van der Waals surface area contributed by atoms with Gasteiger partial charge in [0.25, 0.3) is 0 Å². The molecule has 1 aromatic heterocycles. The SMILES string of the molecule is Oc1cccc(-c2nc3ccc(C(F)(F)F)cc3[nH]2)c1O. The molecule has 0 aliphatic rings. The molecule has 0 amide bonds. The first kappa shape index (κ1) is 13.3. The Kier molecular flexibility index (Phi) is 2.79. The van der Waals surface area contributed by atoms with E-state index in [0.717, 1.165) is 12.1 Å². The summed E-state index contributed by atoms with van der Waals surface area (Å²) in [6, 6.07) is 7.43. The van der Waals surface area contributed by atoms with Crippen LogP contribution in [0.5, 0.6) is 11.5 Å². The predicted molar refractivity (Wildman–Crippen MR) is 69.9 cm³/mol. The molecule has 4 nitrogen and oxygen atoms in total. The predicted octanol–water partition coefficient (Wildman–Crippen LogP) is 3.66. The Morgan fingerprint density at radius 2 is 1.81 bits per heavy atom. The Morgan fingerprint density at radius 3 is 2.52 bits per heavy atom. The summed E-state index contributed by atoms with van der Waals surface area (Å²) in [5.74, 6) is -0.533. The first-order valence-corrected chi connectivity index (χ1v) is 5.94. The molecule has 0 saturated heterocycles. The van der Waals surface area contributed by atoms with Gasteiger partial charge in [-0.1, -0.05) is 6.07 Å². The summed E-state index contributed by atoms with van der Waals surface area (Å²) in [5, 5.41) is 19.2. The fourth-order valence-corrected chi connectivity index (χ4v) is 2.04. The van der Waals surface area contributed by atoms with E-state index in [4.69, 9.17) is 0 Å². The number of alkyl halides is 3. The van der Waals surface area contributed by atoms with E-state index in [2.05, 4.69) is 9.97 Å². The number of rotatable bonds is 1. The molecule has 1 heterocycles. The van der Waals surface area contributed by atoms with Crippen LogP contribution in [0.25, 0.3) is 22.4 Å². The van der Waals surface area contributed by atoms with Gasteiger partial charge in [0.05, 0.1) is 22.2 Å². The number of phenolic OH excluding ortho intramolecular Hbond substituents is 2. The van der Waals surface area contributed by atoms with Gasteiger partial charge in [-0.25, -0.2) is 4.98 Å². The maximum Gasteiger partial charge on any atom is 0.416 e. The van der Waals surface area contributed by atoms with E-state index in [-0.39, 0.29) is 28.4 Å². The zero-order valence-corrected chi connectivity index (χ0v) is 10.4. The van der Waals surface area contributed by atoms with E-state index in [1.54, 1.807) is 0 Å². The van der Waals surface area contributed by atoms with Gasteiger partial charge in [0.15, 0.2) is 11.5 Å². The second-order valence-electron chi connectivity index (χ2n) is 4.49. The molecule has 3 N–H and O–H groups in total. The average Bonchev–Trinajstić information content (AvgIpc) is 2.83. The van der Waals surface area contributed by atoms with Gasteiger partial charge in [-0.15, -0.1) is 0 Å². The Hall–Kier alpha value is -2.70. The fourth-order valence-electron chi connectivity index (χ4n) is 2.04. The highest BCUT2D eigenvalue weighted by atomic mass is 19.4. The van der Waals surface area contributed by atoms with Crippen molar-refractivity contribution in [3.8, 4) is 22.9 Å². The monoisotopic (exact) mass is 294 g/mol. The molecule has 0 spiro atoms. The van der Waals surface area contributed by atoms with E-state index >= 15 is 0 Å². The Morgan fingerprint density at radius 1 is 1.05 bits per heavy atom. The molecule has 0 saturated carbocycles. The summed E-state index contributed by atoms with van der Waals surface area (Å²) in [7, 11) is 0. The number of fused-ring (bicyclic) bond motifs is 1. The number of nitrogens with one attached hydrogen (secondary N) is 1. The molecule has 2 aromatic carbocycles. The van der Waals surface area contributed by atoms with Crippen LogP contribution in [-0.4, -0.2) is 20.2 Å². The van der Waals surface area contributed by atoms with E-state index in [0.29, 0.717) is 5.52 Å². The van der Waals surface area contributed by atoms with Gasteiger partial charge in [0.2, 0.25) is 0 Å². The number of aromatic hydroxyl groups is 2. The van der Waals surface area contributed by atoms with Gasteiger partial charge < -0.3 is 15.2 Å². The van der Waals surface area contributed by atoms with Gasteiger partial charge in [-0.3, -0.25) is 0 Å². The summed E-state index contributed by atoms with van der Waals surface area (Å²) < 4.78 is 38.0. The minimum atomic E-state index is -4.44. The zero-order chi connectivity index (χ0) is 15.2. The summed E-state index contributed by atoms with van der Waals surface area (Å²) in [4.78, 5) is 6.82. The standard InChI is InChI=1S/C14H9F3N2O2/c15-14(16,17)7-4-5-9-10(6-7)19-13(18-9)8-2-1-3-11(20)12(8)21/h1-6,20-21H,(H,18,19). The summed E-state index contributed by atoms with van der Waals surface area (Å²) >= 11 is 0. The maximum absolute atomic E-state index is 12.7. The van der Waals surface area contributed by atoms with Gasteiger partial charge in [0.1, 0.15) is 5.82 Å². The van der Waals surface area contributed by atoms with Crippen molar-refractivity contribution in [1.82, 2.24) is 9.97 Å². The molecule has 0 unspecified atom stereocenters. The molecule has 0 aliphatic carbocycles. The second kappa shape index (κ2) is 4.41. The Bertz CT molecular complexity index is 825. The number of aromatic nitrogens is 2. The molecule has 7 heteroatoms. The van der Waals surface area contributed by atoms with E-state index in [1.807, 2.05) is 0 Å². The minimum Gasteiger partial charge on any atom is -0.504 e. The Labute approximate surface area is 116 Å². The molecule has 0 atom stereocenters. The topological polar surface area (TPSA) is 69.1 Å². The molecule has 21 heavy (non-hydrogen) atoms. The lowest BCUT2D eigenvalue weighted by Crippen LogP contribution is -2.04. The molecule has 0 aliphatic heterocycles. The number of hydrogen-bond donors (Lipinski definition) is 3. The third-order valence-corrected chi connectivity index (χ3v) is 3.08. The van der Waals surface area contributed by atoms with Crippen molar-refractivity contribution >= 4 is 11.0 Å². The average molecular weight is 294 g/mol. The van der Waals surface area contributed by atoms with E-state index in [9.17, 15) is 23.4 Å². The normalized spacial score (nSPS) is 12.0. The van der Waals surface area contributed by atoms with E-state index in [1.165, 1.54) is 24.3 Å². The van der Waals surface area contributed by atoms with Gasteiger partial charge in [-0.2, -0.15) is 13.2 Å². The maximum atomic E-state index is 12.7. The number of benzene rings is 2. The van der Waals surface area contributed by atoms with Crippen molar-refractivity contribution in [2.24, 2.45) is 0 Å².